The molecule has 0 aliphatic heterocycles. The van der Waals surface area contributed by atoms with Gasteiger partial charge >= 0.3 is 0 Å². The van der Waals surface area contributed by atoms with Crippen molar-refractivity contribution in [2.24, 2.45) is 5.92 Å². The smallest absolute Gasteiger partial charge is 0.223 e. The molecule has 0 rings (SSSR count). The lowest BCUT2D eigenvalue weighted by Crippen LogP contribution is -2.34. The molecule has 0 heterocycles. The third-order valence-corrected chi connectivity index (χ3v) is 2.96. The maximum absolute atomic E-state index is 11.3. The number of rotatable bonds is 8. The quantitative estimate of drug-likeness (QED) is 0.608. The summed E-state index contributed by atoms with van der Waals surface area (Å²) in [7, 11) is 3.50. The molecule has 16 heavy (non-hydrogen) atoms. The Labute approximate surface area is 99.0 Å². The summed E-state index contributed by atoms with van der Waals surface area (Å²) in [6.07, 6.45) is 2.18. The lowest BCUT2D eigenvalue weighted by atomic mass is 9.96. The fraction of sp³-hybridized carbons (Fsp3) is 0.917. The lowest BCUT2D eigenvalue weighted by molar-refractivity contribution is -0.128. The average Bonchev–Trinajstić information content (AvgIpc) is 2.25. The summed E-state index contributed by atoms with van der Waals surface area (Å²) in [6, 6.07) is 0. The molecule has 0 aromatic heterocycles. The number of aliphatic hydroxyl groups is 1. The first kappa shape index (κ1) is 15.4. The van der Waals surface area contributed by atoms with Crippen LogP contribution in [-0.2, 0) is 4.79 Å². The van der Waals surface area contributed by atoms with Crippen molar-refractivity contribution >= 4 is 5.91 Å². The molecule has 4 nitrogen and oxygen atoms in total. The fourth-order valence-electron chi connectivity index (χ4n) is 1.67. The molecule has 0 aromatic carbocycles. The number of carbonyl (C=O) groups excluding carboxylic acids is 1. The van der Waals surface area contributed by atoms with Crippen molar-refractivity contribution in [1.82, 2.24) is 10.2 Å². The molecule has 1 unspecified atom stereocenters. The van der Waals surface area contributed by atoms with Gasteiger partial charge in [-0.3, -0.25) is 4.79 Å². The molecule has 0 aromatic rings. The summed E-state index contributed by atoms with van der Waals surface area (Å²) < 4.78 is 0. The molecule has 0 saturated carbocycles. The Balaban J connectivity index is 3.62. The molecule has 2 N–H and O–H groups in total. The van der Waals surface area contributed by atoms with Gasteiger partial charge in [0, 0.05) is 33.6 Å². The van der Waals surface area contributed by atoms with Gasteiger partial charge in [-0.15, -0.1) is 0 Å². The van der Waals surface area contributed by atoms with Gasteiger partial charge in [-0.1, -0.05) is 26.7 Å². The third-order valence-electron chi connectivity index (χ3n) is 2.96. The molecule has 0 saturated heterocycles. The molecule has 96 valence electrons. The van der Waals surface area contributed by atoms with Gasteiger partial charge in [0.2, 0.25) is 5.91 Å². The van der Waals surface area contributed by atoms with Crippen LogP contribution in [0.1, 0.15) is 33.1 Å². The highest BCUT2D eigenvalue weighted by molar-refractivity contribution is 5.75. The highest BCUT2D eigenvalue weighted by Crippen LogP contribution is 2.11. The van der Waals surface area contributed by atoms with Crippen LogP contribution >= 0.6 is 0 Å². The Morgan fingerprint density at radius 1 is 1.31 bits per heavy atom. The number of amides is 1. The van der Waals surface area contributed by atoms with E-state index in [0.717, 1.165) is 12.8 Å². The predicted molar refractivity (Wildman–Crippen MR) is 66.3 cm³/mol. The van der Waals surface area contributed by atoms with Crippen molar-refractivity contribution in [2.45, 2.75) is 39.2 Å². The Morgan fingerprint density at radius 2 is 1.88 bits per heavy atom. The second kappa shape index (κ2) is 8.53. The van der Waals surface area contributed by atoms with Crippen LogP contribution in [0.25, 0.3) is 0 Å². The summed E-state index contributed by atoms with van der Waals surface area (Å²) in [4.78, 5) is 12.8. The van der Waals surface area contributed by atoms with Crippen molar-refractivity contribution < 1.29 is 9.90 Å². The second-order valence-electron chi connectivity index (χ2n) is 4.39. The van der Waals surface area contributed by atoms with Crippen molar-refractivity contribution in [3.63, 3.8) is 0 Å². The van der Waals surface area contributed by atoms with Crippen LogP contribution in [0.15, 0.2) is 0 Å². The van der Waals surface area contributed by atoms with Crippen LogP contribution in [0.4, 0.5) is 0 Å². The first-order valence-corrected chi connectivity index (χ1v) is 6.11. The van der Waals surface area contributed by atoms with E-state index < -0.39 is 0 Å². The first-order chi connectivity index (χ1) is 7.52. The van der Waals surface area contributed by atoms with E-state index in [-0.39, 0.29) is 12.0 Å². The zero-order chi connectivity index (χ0) is 12.6. The van der Waals surface area contributed by atoms with Crippen LogP contribution in [0.5, 0.6) is 0 Å². The van der Waals surface area contributed by atoms with Gasteiger partial charge in [-0.2, -0.15) is 0 Å². The number of aliphatic hydroxyl groups excluding tert-OH is 1. The highest BCUT2D eigenvalue weighted by Gasteiger charge is 2.14. The van der Waals surface area contributed by atoms with Crippen molar-refractivity contribution in [2.75, 3.05) is 27.2 Å². The molecule has 0 aliphatic carbocycles. The summed E-state index contributed by atoms with van der Waals surface area (Å²) in [5, 5.41) is 12.9. The monoisotopic (exact) mass is 230 g/mol. The Hall–Kier alpha value is -0.610. The minimum absolute atomic E-state index is 0.115. The standard InChI is InChI=1S/C12H26N2O2/c1-5-10(6-2)11(15)9-13-8-7-12(16)14(3)4/h10-11,13,15H,5-9H2,1-4H3. The molecular weight excluding hydrogens is 204 g/mol. The molecule has 0 spiro atoms. The average molecular weight is 230 g/mol. The molecule has 1 atom stereocenters. The van der Waals surface area contributed by atoms with Crippen molar-refractivity contribution in [3.05, 3.63) is 0 Å². The van der Waals surface area contributed by atoms with Crippen molar-refractivity contribution in [1.29, 1.82) is 0 Å². The number of nitrogens with one attached hydrogen (secondary N) is 1. The SMILES string of the molecule is CCC(CC)C(O)CNCCC(=O)N(C)C. The zero-order valence-electron chi connectivity index (χ0n) is 11.0. The summed E-state index contributed by atoms with van der Waals surface area (Å²) in [5.41, 5.74) is 0. The van der Waals surface area contributed by atoms with E-state index in [9.17, 15) is 9.90 Å². The molecule has 0 aliphatic rings. The highest BCUT2D eigenvalue weighted by atomic mass is 16.3. The largest absolute Gasteiger partial charge is 0.392 e. The van der Waals surface area contributed by atoms with Crippen LogP contribution in [-0.4, -0.2) is 49.2 Å². The lowest BCUT2D eigenvalue weighted by Gasteiger charge is -2.20. The summed E-state index contributed by atoms with van der Waals surface area (Å²) >= 11 is 0. The zero-order valence-corrected chi connectivity index (χ0v) is 11.0. The van der Waals surface area contributed by atoms with Crippen LogP contribution in [0, 0.1) is 5.92 Å². The summed E-state index contributed by atoms with van der Waals surface area (Å²) in [6.45, 7) is 5.39. The third kappa shape index (κ3) is 6.08. The van der Waals surface area contributed by atoms with Crippen molar-refractivity contribution in [3.8, 4) is 0 Å². The van der Waals surface area contributed by atoms with Gasteiger partial charge in [0.25, 0.3) is 0 Å². The van der Waals surface area contributed by atoms with E-state index in [2.05, 4.69) is 19.2 Å². The maximum atomic E-state index is 11.3. The Bertz CT molecular complexity index is 191. The van der Waals surface area contributed by atoms with Crippen LogP contribution < -0.4 is 5.32 Å². The molecular formula is C12H26N2O2. The second-order valence-corrected chi connectivity index (χ2v) is 4.39. The minimum Gasteiger partial charge on any atom is -0.392 e. The van der Waals surface area contributed by atoms with E-state index in [1.807, 2.05) is 0 Å². The van der Waals surface area contributed by atoms with Gasteiger partial charge < -0.3 is 15.3 Å². The van der Waals surface area contributed by atoms with Gasteiger partial charge in [0.05, 0.1) is 6.10 Å². The molecule has 4 heteroatoms. The predicted octanol–water partition coefficient (Wildman–Crippen LogP) is 0.851. The minimum atomic E-state index is -0.301. The number of carbonyl (C=O) groups is 1. The van der Waals surface area contributed by atoms with Gasteiger partial charge in [0.1, 0.15) is 0 Å². The normalized spacial score (nSPS) is 12.9. The van der Waals surface area contributed by atoms with E-state index in [1.54, 1.807) is 19.0 Å². The fourth-order valence-corrected chi connectivity index (χ4v) is 1.67. The topological polar surface area (TPSA) is 52.6 Å². The Morgan fingerprint density at radius 3 is 2.31 bits per heavy atom. The van der Waals surface area contributed by atoms with Gasteiger partial charge in [-0.25, -0.2) is 0 Å². The molecule has 0 fully saturated rings. The van der Waals surface area contributed by atoms with Gasteiger partial charge in [-0.05, 0) is 5.92 Å². The number of hydrogen-bond acceptors (Lipinski definition) is 3. The maximum Gasteiger partial charge on any atom is 0.223 e. The molecule has 1 amide bonds. The Kier molecular flexibility index (Phi) is 8.21. The van der Waals surface area contributed by atoms with E-state index >= 15 is 0 Å². The summed E-state index contributed by atoms with van der Waals surface area (Å²) in [5.74, 6) is 0.474. The van der Waals surface area contributed by atoms with E-state index in [4.69, 9.17) is 0 Å². The number of hydrogen-bond donors (Lipinski definition) is 2. The molecule has 0 radical (unpaired) electrons. The van der Waals surface area contributed by atoms with E-state index in [1.165, 1.54) is 0 Å². The van der Waals surface area contributed by atoms with E-state index in [0.29, 0.717) is 25.4 Å². The number of nitrogens with zero attached hydrogens (tertiary/aromatic N) is 1. The van der Waals surface area contributed by atoms with Gasteiger partial charge in [0.15, 0.2) is 0 Å². The van der Waals surface area contributed by atoms with Crippen LogP contribution in [0.2, 0.25) is 0 Å². The molecule has 0 bridgehead atoms. The first-order valence-electron chi connectivity index (χ1n) is 6.11. The van der Waals surface area contributed by atoms with Crippen LogP contribution in [0.3, 0.4) is 0 Å².